The standard InChI is InChI=1S/C19H18N2O4S/c1-13-4-2-3-5-16(13)21-18(23)12-26-15-8-6-14(7-9-15)20-17(22)10-11-19(24)25/h2-11H,12H2,1H3,(H,20,22)(H,21,23)(H,24,25)/b11-10+. The third kappa shape index (κ3) is 6.45. The number of nitrogens with one attached hydrogen (secondary N) is 2. The second-order valence-electron chi connectivity index (χ2n) is 5.34. The second-order valence-corrected chi connectivity index (χ2v) is 6.39. The molecule has 134 valence electrons. The largest absolute Gasteiger partial charge is 0.478 e. The van der Waals surface area contributed by atoms with E-state index in [1.165, 1.54) is 11.8 Å². The SMILES string of the molecule is Cc1ccccc1NC(=O)CSc1ccc(NC(=O)/C=C/C(=O)O)cc1. The summed E-state index contributed by atoms with van der Waals surface area (Å²) in [6, 6.07) is 14.5. The topological polar surface area (TPSA) is 95.5 Å². The lowest BCUT2D eigenvalue weighted by atomic mass is 10.2. The highest BCUT2D eigenvalue weighted by molar-refractivity contribution is 8.00. The second kappa shape index (κ2) is 9.43. The van der Waals surface area contributed by atoms with E-state index in [1.54, 1.807) is 24.3 Å². The van der Waals surface area contributed by atoms with Crippen LogP contribution in [-0.2, 0) is 14.4 Å². The maximum atomic E-state index is 12.0. The Bertz CT molecular complexity index is 832. The Hall–Kier alpha value is -3.06. The third-order valence-electron chi connectivity index (χ3n) is 3.29. The van der Waals surface area contributed by atoms with Crippen LogP contribution >= 0.6 is 11.8 Å². The fourth-order valence-electron chi connectivity index (χ4n) is 2.01. The van der Waals surface area contributed by atoms with Gasteiger partial charge in [0.05, 0.1) is 5.75 Å². The van der Waals surface area contributed by atoms with Crippen LogP contribution in [0.15, 0.2) is 65.6 Å². The molecule has 0 radical (unpaired) electrons. The minimum Gasteiger partial charge on any atom is -0.478 e. The fraction of sp³-hybridized carbons (Fsp3) is 0.105. The minimum absolute atomic E-state index is 0.0968. The Kier molecular flexibility index (Phi) is 6.99. The van der Waals surface area contributed by atoms with Crippen molar-refractivity contribution < 1.29 is 19.5 Å². The molecular formula is C19H18N2O4S. The molecule has 0 aliphatic heterocycles. The zero-order valence-corrected chi connectivity index (χ0v) is 14.9. The first-order valence-corrected chi connectivity index (χ1v) is 8.73. The molecule has 0 heterocycles. The van der Waals surface area contributed by atoms with Gasteiger partial charge < -0.3 is 15.7 Å². The zero-order valence-electron chi connectivity index (χ0n) is 14.1. The Morgan fingerprint density at radius 1 is 1.00 bits per heavy atom. The van der Waals surface area contributed by atoms with Crippen molar-refractivity contribution in [2.45, 2.75) is 11.8 Å². The normalized spacial score (nSPS) is 10.5. The molecule has 2 amide bonds. The highest BCUT2D eigenvalue weighted by Gasteiger charge is 2.06. The molecular weight excluding hydrogens is 352 g/mol. The number of benzene rings is 2. The maximum Gasteiger partial charge on any atom is 0.328 e. The number of aliphatic carboxylic acids is 1. The number of para-hydroxylation sites is 1. The van der Waals surface area contributed by atoms with E-state index in [0.29, 0.717) is 5.69 Å². The molecule has 0 aliphatic rings. The number of carboxylic acid groups (broad SMARTS) is 1. The van der Waals surface area contributed by atoms with Crippen LogP contribution in [0.1, 0.15) is 5.56 Å². The first kappa shape index (κ1) is 19.3. The van der Waals surface area contributed by atoms with Gasteiger partial charge in [-0.05, 0) is 42.8 Å². The number of hydrogen-bond donors (Lipinski definition) is 3. The number of carbonyl (C=O) groups excluding carboxylic acids is 2. The molecule has 0 unspecified atom stereocenters. The summed E-state index contributed by atoms with van der Waals surface area (Å²) in [4.78, 5) is 34.8. The predicted molar refractivity (Wildman–Crippen MR) is 102 cm³/mol. The van der Waals surface area contributed by atoms with Crippen LogP contribution < -0.4 is 10.6 Å². The molecule has 0 bridgehead atoms. The van der Waals surface area contributed by atoms with Gasteiger partial charge in [-0.15, -0.1) is 11.8 Å². The van der Waals surface area contributed by atoms with Gasteiger partial charge in [0.15, 0.2) is 0 Å². The Morgan fingerprint density at radius 3 is 2.35 bits per heavy atom. The molecule has 26 heavy (non-hydrogen) atoms. The molecule has 0 saturated heterocycles. The molecule has 0 saturated carbocycles. The highest BCUT2D eigenvalue weighted by Crippen LogP contribution is 2.21. The summed E-state index contributed by atoms with van der Waals surface area (Å²) in [7, 11) is 0. The summed E-state index contributed by atoms with van der Waals surface area (Å²) in [6.07, 6.45) is 1.72. The van der Waals surface area contributed by atoms with Crippen molar-refractivity contribution in [1.29, 1.82) is 0 Å². The predicted octanol–water partition coefficient (Wildman–Crippen LogP) is 3.31. The quantitative estimate of drug-likeness (QED) is 0.513. The van der Waals surface area contributed by atoms with Crippen molar-refractivity contribution in [2.24, 2.45) is 0 Å². The maximum absolute atomic E-state index is 12.0. The van der Waals surface area contributed by atoms with Crippen LogP contribution in [0, 0.1) is 6.92 Å². The number of aryl methyl sites for hydroxylation is 1. The summed E-state index contributed by atoms with van der Waals surface area (Å²) < 4.78 is 0. The van der Waals surface area contributed by atoms with E-state index < -0.39 is 11.9 Å². The number of carboxylic acids is 1. The van der Waals surface area contributed by atoms with Crippen LogP contribution in [0.3, 0.4) is 0 Å². The summed E-state index contributed by atoms with van der Waals surface area (Å²) in [5, 5.41) is 13.9. The van der Waals surface area contributed by atoms with Gasteiger partial charge in [0, 0.05) is 28.4 Å². The zero-order chi connectivity index (χ0) is 18.9. The average molecular weight is 370 g/mol. The molecule has 0 fully saturated rings. The first-order valence-electron chi connectivity index (χ1n) is 7.74. The molecule has 2 aromatic rings. The monoisotopic (exact) mass is 370 g/mol. The van der Waals surface area contributed by atoms with Crippen LogP contribution in [0.5, 0.6) is 0 Å². The molecule has 0 aliphatic carbocycles. The van der Waals surface area contributed by atoms with Gasteiger partial charge in [0.1, 0.15) is 0 Å². The van der Waals surface area contributed by atoms with E-state index in [2.05, 4.69) is 10.6 Å². The van der Waals surface area contributed by atoms with Gasteiger partial charge in [0.25, 0.3) is 0 Å². The fourth-order valence-corrected chi connectivity index (χ4v) is 2.71. The van der Waals surface area contributed by atoms with Gasteiger partial charge in [-0.2, -0.15) is 0 Å². The van der Waals surface area contributed by atoms with E-state index >= 15 is 0 Å². The molecule has 2 rings (SSSR count). The molecule has 6 nitrogen and oxygen atoms in total. The van der Waals surface area contributed by atoms with E-state index in [-0.39, 0.29) is 11.7 Å². The van der Waals surface area contributed by atoms with Crippen LogP contribution in [-0.4, -0.2) is 28.6 Å². The van der Waals surface area contributed by atoms with Crippen molar-refractivity contribution in [1.82, 2.24) is 0 Å². The molecule has 3 N–H and O–H groups in total. The summed E-state index contributed by atoms with van der Waals surface area (Å²) >= 11 is 1.38. The summed E-state index contributed by atoms with van der Waals surface area (Å²) in [5.41, 5.74) is 2.34. The van der Waals surface area contributed by atoms with Gasteiger partial charge in [0.2, 0.25) is 11.8 Å². The third-order valence-corrected chi connectivity index (χ3v) is 4.30. The van der Waals surface area contributed by atoms with Crippen LogP contribution in [0.2, 0.25) is 0 Å². The van der Waals surface area contributed by atoms with Crippen molar-refractivity contribution >= 4 is 40.9 Å². The summed E-state index contributed by atoms with van der Waals surface area (Å²) in [5.74, 6) is -1.54. The van der Waals surface area contributed by atoms with Crippen molar-refractivity contribution in [3.8, 4) is 0 Å². The van der Waals surface area contributed by atoms with E-state index in [1.807, 2.05) is 31.2 Å². The Balaban J connectivity index is 1.83. The molecule has 7 heteroatoms. The van der Waals surface area contributed by atoms with Crippen molar-refractivity contribution in [3.05, 3.63) is 66.2 Å². The molecule has 2 aromatic carbocycles. The van der Waals surface area contributed by atoms with Crippen molar-refractivity contribution in [3.63, 3.8) is 0 Å². The van der Waals surface area contributed by atoms with Crippen LogP contribution in [0.25, 0.3) is 0 Å². The Labute approximate surface area is 155 Å². The van der Waals surface area contributed by atoms with E-state index in [0.717, 1.165) is 28.3 Å². The van der Waals surface area contributed by atoms with Crippen LogP contribution in [0.4, 0.5) is 11.4 Å². The van der Waals surface area contributed by atoms with Gasteiger partial charge in [-0.3, -0.25) is 9.59 Å². The lowest BCUT2D eigenvalue weighted by molar-refractivity contribution is -0.131. The van der Waals surface area contributed by atoms with E-state index in [9.17, 15) is 14.4 Å². The van der Waals surface area contributed by atoms with E-state index in [4.69, 9.17) is 5.11 Å². The average Bonchev–Trinajstić information content (AvgIpc) is 2.61. The lowest BCUT2D eigenvalue weighted by Gasteiger charge is -2.08. The number of hydrogen-bond acceptors (Lipinski definition) is 4. The summed E-state index contributed by atoms with van der Waals surface area (Å²) in [6.45, 7) is 1.93. The number of anilines is 2. The molecule has 0 atom stereocenters. The highest BCUT2D eigenvalue weighted by atomic mass is 32.2. The number of amides is 2. The minimum atomic E-state index is -1.18. The Morgan fingerprint density at radius 2 is 1.69 bits per heavy atom. The van der Waals surface area contributed by atoms with Gasteiger partial charge >= 0.3 is 5.97 Å². The number of thioether (sulfide) groups is 1. The number of rotatable bonds is 7. The molecule has 0 aromatic heterocycles. The van der Waals surface area contributed by atoms with Crippen molar-refractivity contribution in [2.75, 3.05) is 16.4 Å². The first-order chi connectivity index (χ1) is 12.4. The van der Waals surface area contributed by atoms with Gasteiger partial charge in [-0.25, -0.2) is 4.79 Å². The van der Waals surface area contributed by atoms with Gasteiger partial charge in [-0.1, -0.05) is 18.2 Å². The lowest BCUT2D eigenvalue weighted by Crippen LogP contribution is -2.14. The molecule has 0 spiro atoms. The number of carbonyl (C=O) groups is 3. The smallest absolute Gasteiger partial charge is 0.328 e.